The topological polar surface area (TPSA) is 69.6 Å². The average Bonchev–Trinajstić information content (AvgIpc) is 2.76. The molecule has 1 heterocycles. The molecule has 0 atom stereocenters. The monoisotopic (exact) mass is 249 g/mol. The second-order valence-corrected chi connectivity index (χ2v) is 4.24. The van der Waals surface area contributed by atoms with E-state index in [0.29, 0.717) is 24.5 Å². The lowest BCUT2D eigenvalue weighted by Crippen LogP contribution is -2.06. The molecule has 1 aromatic heterocycles. The molecule has 2 rings (SSSR count). The molecular formula is C12H16FN5. The van der Waals surface area contributed by atoms with Crippen LogP contribution in [0, 0.1) is 12.7 Å². The number of aryl methyl sites for hydroxylation is 2. The van der Waals surface area contributed by atoms with E-state index in [0.717, 1.165) is 18.4 Å². The van der Waals surface area contributed by atoms with Gasteiger partial charge in [-0.15, -0.1) is 5.10 Å². The van der Waals surface area contributed by atoms with Gasteiger partial charge in [-0.1, -0.05) is 0 Å². The Kier molecular flexibility index (Phi) is 3.99. The fraction of sp³-hybridized carbons (Fsp3) is 0.417. The van der Waals surface area contributed by atoms with Crippen molar-refractivity contribution in [3.05, 3.63) is 29.6 Å². The van der Waals surface area contributed by atoms with Gasteiger partial charge in [0.15, 0.2) is 5.82 Å². The normalized spacial score (nSPS) is 10.8. The average molecular weight is 249 g/mol. The second-order valence-electron chi connectivity index (χ2n) is 4.24. The van der Waals surface area contributed by atoms with Gasteiger partial charge in [0, 0.05) is 12.1 Å². The minimum Gasteiger partial charge on any atom is -0.330 e. The largest absolute Gasteiger partial charge is 0.330 e. The summed E-state index contributed by atoms with van der Waals surface area (Å²) in [6, 6.07) is 4.79. The number of hydrogen-bond acceptors (Lipinski definition) is 4. The summed E-state index contributed by atoms with van der Waals surface area (Å²) in [5.74, 6) is 0.316. The van der Waals surface area contributed by atoms with Gasteiger partial charge in [-0.3, -0.25) is 0 Å². The maximum atomic E-state index is 13.4. The van der Waals surface area contributed by atoms with Crippen LogP contribution in [0.5, 0.6) is 0 Å². The van der Waals surface area contributed by atoms with Crippen molar-refractivity contribution in [1.82, 2.24) is 20.2 Å². The molecule has 0 aliphatic heterocycles. The first-order chi connectivity index (χ1) is 8.70. The molecule has 2 N–H and O–H groups in total. The number of halogens is 1. The number of tetrazole rings is 1. The molecule has 0 unspecified atom stereocenters. The quantitative estimate of drug-likeness (QED) is 0.816. The first-order valence-electron chi connectivity index (χ1n) is 5.94. The van der Waals surface area contributed by atoms with Crippen molar-refractivity contribution in [1.29, 1.82) is 0 Å². The highest BCUT2D eigenvalue weighted by molar-refractivity contribution is 5.55. The molecule has 0 aliphatic rings. The number of nitrogens with zero attached hydrogens (tertiary/aromatic N) is 4. The summed E-state index contributed by atoms with van der Waals surface area (Å²) in [7, 11) is 0. The SMILES string of the molecule is Cc1cc(F)cc(-c2nnnn2CCCCN)c1. The molecule has 0 spiro atoms. The Bertz CT molecular complexity index is 503. The van der Waals surface area contributed by atoms with Gasteiger partial charge in [-0.2, -0.15) is 0 Å². The third kappa shape index (κ3) is 2.89. The van der Waals surface area contributed by atoms with Gasteiger partial charge in [0.1, 0.15) is 5.82 Å². The van der Waals surface area contributed by atoms with Crippen LogP contribution in [0.4, 0.5) is 4.39 Å². The lowest BCUT2D eigenvalue weighted by molar-refractivity contribution is 0.548. The van der Waals surface area contributed by atoms with Gasteiger partial charge >= 0.3 is 0 Å². The Morgan fingerprint density at radius 1 is 1.28 bits per heavy atom. The summed E-state index contributed by atoms with van der Waals surface area (Å²) in [4.78, 5) is 0. The van der Waals surface area contributed by atoms with Crippen LogP contribution >= 0.6 is 0 Å². The van der Waals surface area contributed by atoms with Gasteiger partial charge in [0.25, 0.3) is 0 Å². The summed E-state index contributed by atoms with van der Waals surface area (Å²) in [6.45, 7) is 3.18. The van der Waals surface area contributed by atoms with Crippen LogP contribution in [0.25, 0.3) is 11.4 Å². The van der Waals surface area contributed by atoms with E-state index in [4.69, 9.17) is 5.73 Å². The van der Waals surface area contributed by atoms with Crippen molar-refractivity contribution in [2.45, 2.75) is 26.3 Å². The standard InChI is InChI=1S/C12H16FN5/c1-9-6-10(8-11(13)7-9)12-15-16-17-18(12)5-3-2-4-14/h6-8H,2-5,14H2,1H3. The number of hydrogen-bond donors (Lipinski definition) is 1. The summed E-state index contributed by atoms with van der Waals surface area (Å²) in [6.07, 6.45) is 1.82. The van der Waals surface area contributed by atoms with Crippen molar-refractivity contribution < 1.29 is 4.39 Å². The van der Waals surface area contributed by atoms with Gasteiger partial charge in [0.2, 0.25) is 0 Å². The molecule has 0 aliphatic carbocycles. The minimum atomic E-state index is -0.276. The third-order valence-electron chi connectivity index (χ3n) is 2.66. The van der Waals surface area contributed by atoms with Crippen LogP contribution in [-0.2, 0) is 6.54 Å². The number of aromatic nitrogens is 4. The van der Waals surface area contributed by atoms with Gasteiger partial charge in [-0.25, -0.2) is 9.07 Å². The zero-order chi connectivity index (χ0) is 13.0. The minimum absolute atomic E-state index is 0.276. The highest BCUT2D eigenvalue weighted by Crippen LogP contribution is 2.19. The van der Waals surface area contributed by atoms with Crippen LogP contribution < -0.4 is 5.73 Å². The fourth-order valence-electron chi connectivity index (χ4n) is 1.83. The molecule has 0 fully saturated rings. The van der Waals surface area contributed by atoms with Crippen LogP contribution in [0.1, 0.15) is 18.4 Å². The van der Waals surface area contributed by atoms with Crippen LogP contribution in [0.15, 0.2) is 18.2 Å². The van der Waals surface area contributed by atoms with E-state index in [-0.39, 0.29) is 5.82 Å². The maximum absolute atomic E-state index is 13.4. The smallest absolute Gasteiger partial charge is 0.182 e. The molecule has 18 heavy (non-hydrogen) atoms. The second kappa shape index (κ2) is 5.68. The molecule has 96 valence electrons. The fourth-order valence-corrected chi connectivity index (χ4v) is 1.83. The van der Waals surface area contributed by atoms with Gasteiger partial charge in [-0.05, 0) is 60.5 Å². The summed E-state index contributed by atoms with van der Waals surface area (Å²) in [5, 5.41) is 11.5. The van der Waals surface area contributed by atoms with E-state index in [1.54, 1.807) is 4.68 Å². The molecule has 5 nitrogen and oxygen atoms in total. The molecule has 2 aromatic rings. The van der Waals surface area contributed by atoms with Crippen LogP contribution in [0.2, 0.25) is 0 Å². The Balaban J connectivity index is 2.24. The van der Waals surface area contributed by atoms with Crippen LogP contribution in [-0.4, -0.2) is 26.8 Å². The molecule has 6 heteroatoms. The van der Waals surface area contributed by atoms with E-state index in [9.17, 15) is 4.39 Å². The first-order valence-corrected chi connectivity index (χ1v) is 5.94. The van der Waals surface area contributed by atoms with Gasteiger partial charge in [0.05, 0.1) is 0 Å². The van der Waals surface area contributed by atoms with Gasteiger partial charge < -0.3 is 5.73 Å². The number of unbranched alkanes of at least 4 members (excludes halogenated alkanes) is 1. The molecule has 0 saturated carbocycles. The van der Waals surface area contributed by atoms with E-state index >= 15 is 0 Å². The molecule has 0 amide bonds. The van der Waals surface area contributed by atoms with Crippen LogP contribution in [0.3, 0.4) is 0 Å². The number of benzene rings is 1. The highest BCUT2D eigenvalue weighted by atomic mass is 19.1. The van der Waals surface area contributed by atoms with Crippen molar-refractivity contribution >= 4 is 0 Å². The highest BCUT2D eigenvalue weighted by Gasteiger charge is 2.10. The third-order valence-corrected chi connectivity index (χ3v) is 2.66. The van der Waals surface area contributed by atoms with Crippen molar-refractivity contribution in [2.75, 3.05) is 6.54 Å². The lowest BCUT2D eigenvalue weighted by Gasteiger charge is -2.05. The number of nitrogens with two attached hydrogens (primary N) is 1. The Morgan fingerprint density at radius 3 is 2.83 bits per heavy atom. The summed E-state index contributed by atoms with van der Waals surface area (Å²) in [5.41, 5.74) is 6.99. The van der Waals surface area contributed by atoms with E-state index < -0.39 is 0 Å². The Hall–Kier alpha value is -1.82. The Labute approximate surface area is 105 Å². The number of rotatable bonds is 5. The molecule has 1 aromatic carbocycles. The van der Waals surface area contributed by atoms with E-state index in [1.807, 2.05) is 13.0 Å². The molecule has 0 bridgehead atoms. The van der Waals surface area contributed by atoms with Crippen molar-refractivity contribution in [2.24, 2.45) is 5.73 Å². The predicted molar refractivity (Wildman–Crippen MR) is 66.2 cm³/mol. The van der Waals surface area contributed by atoms with Crippen molar-refractivity contribution in [3.63, 3.8) is 0 Å². The van der Waals surface area contributed by atoms with E-state index in [2.05, 4.69) is 15.5 Å². The molecular weight excluding hydrogens is 233 g/mol. The Morgan fingerprint density at radius 2 is 2.11 bits per heavy atom. The molecule has 0 radical (unpaired) electrons. The maximum Gasteiger partial charge on any atom is 0.182 e. The predicted octanol–water partition coefficient (Wildman–Crippen LogP) is 1.53. The lowest BCUT2D eigenvalue weighted by atomic mass is 10.1. The zero-order valence-electron chi connectivity index (χ0n) is 10.3. The molecule has 0 saturated heterocycles. The summed E-state index contributed by atoms with van der Waals surface area (Å²) < 4.78 is 15.0. The van der Waals surface area contributed by atoms with Crippen molar-refractivity contribution in [3.8, 4) is 11.4 Å². The summed E-state index contributed by atoms with van der Waals surface area (Å²) >= 11 is 0. The van der Waals surface area contributed by atoms with E-state index in [1.165, 1.54) is 12.1 Å². The first kappa shape index (κ1) is 12.6. The zero-order valence-corrected chi connectivity index (χ0v) is 10.3.